The first-order chi connectivity index (χ1) is 7.58. The molecule has 0 aliphatic rings. The molecule has 0 aromatic carbocycles. The Kier molecular flexibility index (Phi) is 2.86. The fourth-order valence-electron chi connectivity index (χ4n) is 1.24. The Bertz CT molecular complexity index is 538. The molecule has 0 unspecified atom stereocenters. The van der Waals surface area contributed by atoms with Gasteiger partial charge in [-0.3, -0.25) is 4.57 Å². The monoisotopic (exact) mass is 239 g/mol. The molecule has 0 spiro atoms. The van der Waals surface area contributed by atoms with Gasteiger partial charge in [-0.25, -0.2) is 9.48 Å². The molecule has 0 atom stereocenters. The Morgan fingerprint density at radius 3 is 2.69 bits per heavy atom. The summed E-state index contributed by atoms with van der Waals surface area (Å²) < 4.78 is 2.81. The summed E-state index contributed by atoms with van der Waals surface area (Å²) in [5.41, 5.74) is -0.138. The molecule has 2 heterocycles. The van der Waals surface area contributed by atoms with E-state index in [0.29, 0.717) is 12.5 Å². The maximum atomic E-state index is 11.5. The van der Waals surface area contributed by atoms with Crippen molar-refractivity contribution in [3.05, 3.63) is 26.8 Å². The lowest BCUT2D eigenvalue weighted by molar-refractivity contribution is 0.686. The lowest BCUT2D eigenvalue weighted by Gasteiger charge is -1.95. The standard InChI is InChI=1S/C9H13N5OS/c1-6(2)8-12-11-7(16-8)4-14-5-10-13(3)9(14)15/h5-6H,4H2,1-3H3. The Hall–Kier alpha value is -1.50. The molecule has 2 aromatic rings. The fraction of sp³-hybridized carbons (Fsp3) is 0.556. The van der Waals surface area contributed by atoms with E-state index in [0.717, 1.165) is 10.0 Å². The maximum absolute atomic E-state index is 11.5. The lowest BCUT2D eigenvalue weighted by atomic mass is 10.2. The lowest BCUT2D eigenvalue weighted by Crippen LogP contribution is -2.22. The predicted molar refractivity (Wildman–Crippen MR) is 60.6 cm³/mol. The largest absolute Gasteiger partial charge is 0.345 e. The van der Waals surface area contributed by atoms with Gasteiger partial charge in [0.2, 0.25) is 0 Å². The van der Waals surface area contributed by atoms with Crippen molar-refractivity contribution in [2.45, 2.75) is 26.3 Å². The van der Waals surface area contributed by atoms with Crippen molar-refractivity contribution in [1.82, 2.24) is 24.5 Å². The second kappa shape index (κ2) is 4.17. The first kappa shape index (κ1) is 11.0. The van der Waals surface area contributed by atoms with E-state index in [1.54, 1.807) is 7.05 Å². The Morgan fingerprint density at radius 1 is 1.44 bits per heavy atom. The van der Waals surface area contributed by atoms with Gasteiger partial charge in [0.15, 0.2) is 0 Å². The van der Waals surface area contributed by atoms with Crippen LogP contribution in [0.5, 0.6) is 0 Å². The third-order valence-electron chi connectivity index (χ3n) is 2.17. The Morgan fingerprint density at radius 2 is 2.19 bits per heavy atom. The maximum Gasteiger partial charge on any atom is 0.345 e. The second-order valence-electron chi connectivity index (χ2n) is 3.85. The molecule has 0 amide bonds. The summed E-state index contributed by atoms with van der Waals surface area (Å²) in [7, 11) is 1.62. The van der Waals surface area contributed by atoms with Crippen LogP contribution in [0, 0.1) is 0 Å². The van der Waals surface area contributed by atoms with Crippen LogP contribution in [0.15, 0.2) is 11.1 Å². The van der Waals surface area contributed by atoms with Crippen LogP contribution in [0.1, 0.15) is 29.8 Å². The van der Waals surface area contributed by atoms with E-state index >= 15 is 0 Å². The summed E-state index contributed by atoms with van der Waals surface area (Å²) in [6.07, 6.45) is 1.51. The van der Waals surface area contributed by atoms with Gasteiger partial charge in [-0.2, -0.15) is 5.10 Å². The van der Waals surface area contributed by atoms with Crippen LogP contribution < -0.4 is 5.69 Å². The smallest absolute Gasteiger partial charge is 0.275 e. The van der Waals surface area contributed by atoms with Gasteiger partial charge in [0.05, 0.1) is 6.54 Å². The van der Waals surface area contributed by atoms with E-state index in [9.17, 15) is 4.79 Å². The van der Waals surface area contributed by atoms with E-state index in [2.05, 4.69) is 29.1 Å². The van der Waals surface area contributed by atoms with Crippen LogP contribution in [-0.4, -0.2) is 24.5 Å². The molecule has 7 heteroatoms. The van der Waals surface area contributed by atoms with Crippen molar-refractivity contribution in [2.24, 2.45) is 7.05 Å². The molecule has 0 saturated carbocycles. The SMILES string of the molecule is CC(C)c1nnc(Cn2cnn(C)c2=O)s1. The van der Waals surface area contributed by atoms with E-state index in [1.807, 2.05) is 0 Å². The third-order valence-corrected chi connectivity index (χ3v) is 3.38. The first-order valence-corrected chi connectivity index (χ1v) is 5.80. The normalized spacial score (nSPS) is 11.2. The molecule has 6 nitrogen and oxygen atoms in total. The molecule has 86 valence electrons. The quantitative estimate of drug-likeness (QED) is 0.787. The minimum atomic E-state index is -0.138. The average molecular weight is 239 g/mol. The first-order valence-electron chi connectivity index (χ1n) is 4.98. The van der Waals surface area contributed by atoms with Gasteiger partial charge in [-0.1, -0.05) is 25.2 Å². The Balaban J connectivity index is 2.21. The highest BCUT2D eigenvalue weighted by Gasteiger charge is 2.09. The molecule has 0 N–H and O–H groups in total. The van der Waals surface area contributed by atoms with Crippen molar-refractivity contribution >= 4 is 11.3 Å². The summed E-state index contributed by atoms with van der Waals surface area (Å²) in [4.78, 5) is 11.5. The number of rotatable bonds is 3. The fourth-order valence-corrected chi connectivity index (χ4v) is 2.09. The minimum absolute atomic E-state index is 0.138. The van der Waals surface area contributed by atoms with Crippen molar-refractivity contribution in [3.63, 3.8) is 0 Å². The zero-order chi connectivity index (χ0) is 11.7. The summed E-state index contributed by atoms with van der Waals surface area (Å²) in [5.74, 6) is 0.372. The van der Waals surface area contributed by atoms with Crippen molar-refractivity contribution in [2.75, 3.05) is 0 Å². The number of aryl methyl sites for hydroxylation is 1. The average Bonchev–Trinajstić information content (AvgIpc) is 2.81. The number of nitrogens with zero attached hydrogens (tertiary/aromatic N) is 5. The van der Waals surface area contributed by atoms with Crippen LogP contribution in [0.25, 0.3) is 0 Å². The van der Waals surface area contributed by atoms with Crippen LogP contribution >= 0.6 is 11.3 Å². The van der Waals surface area contributed by atoms with Crippen LogP contribution in [-0.2, 0) is 13.6 Å². The van der Waals surface area contributed by atoms with E-state index in [1.165, 1.54) is 26.9 Å². The van der Waals surface area contributed by atoms with Crippen LogP contribution in [0.3, 0.4) is 0 Å². The van der Waals surface area contributed by atoms with Gasteiger partial charge >= 0.3 is 5.69 Å². The molecule has 0 aliphatic carbocycles. The van der Waals surface area contributed by atoms with Crippen molar-refractivity contribution in [3.8, 4) is 0 Å². The van der Waals surface area contributed by atoms with Gasteiger partial charge in [0, 0.05) is 13.0 Å². The summed E-state index contributed by atoms with van der Waals surface area (Å²) in [5, 5.41) is 13.8. The van der Waals surface area contributed by atoms with E-state index in [-0.39, 0.29) is 5.69 Å². The minimum Gasteiger partial charge on any atom is -0.275 e. The van der Waals surface area contributed by atoms with E-state index in [4.69, 9.17) is 0 Å². The highest BCUT2D eigenvalue weighted by molar-refractivity contribution is 7.11. The topological polar surface area (TPSA) is 65.6 Å². The molecule has 16 heavy (non-hydrogen) atoms. The van der Waals surface area contributed by atoms with Gasteiger partial charge < -0.3 is 0 Å². The summed E-state index contributed by atoms with van der Waals surface area (Å²) >= 11 is 1.53. The molecule has 0 aliphatic heterocycles. The second-order valence-corrected chi connectivity index (χ2v) is 4.95. The number of hydrogen-bond donors (Lipinski definition) is 0. The zero-order valence-corrected chi connectivity index (χ0v) is 10.2. The van der Waals surface area contributed by atoms with Crippen LogP contribution in [0.4, 0.5) is 0 Å². The Labute approximate surface area is 96.6 Å². The van der Waals surface area contributed by atoms with Gasteiger partial charge in [-0.15, -0.1) is 10.2 Å². The molecule has 0 fully saturated rings. The summed E-state index contributed by atoms with van der Waals surface area (Å²) in [6, 6.07) is 0. The van der Waals surface area contributed by atoms with Crippen molar-refractivity contribution < 1.29 is 0 Å². The molecule has 2 rings (SSSR count). The van der Waals surface area contributed by atoms with Gasteiger partial charge in [0.1, 0.15) is 16.3 Å². The predicted octanol–water partition coefficient (Wildman–Crippen LogP) is 0.605. The molecule has 0 bridgehead atoms. The highest BCUT2D eigenvalue weighted by atomic mass is 32.1. The number of aromatic nitrogens is 5. The number of hydrogen-bond acceptors (Lipinski definition) is 5. The highest BCUT2D eigenvalue weighted by Crippen LogP contribution is 2.18. The van der Waals surface area contributed by atoms with E-state index < -0.39 is 0 Å². The third kappa shape index (κ3) is 2.04. The molecular formula is C9H13N5OS. The van der Waals surface area contributed by atoms with Gasteiger partial charge in [-0.05, 0) is 0 Å². The molecule has 0 radical (unpaired) electrons. The molecular weight excluding hydrogens is 226 g/mol. The van der Waals surface area contributed by atoms with Crippen molar-refractivity contribution in [1.29, 1.82) is 0 Å². The molecule has 2 aromatic heterocycles. The van der Waals surface area contributed by atoms with Gasteiger partial charge in [0.25, 0.3) is 0 Å². The molecule has 0 saturated heterocycles. The van der Waals surface area contributed by atoms with Crippen LogP contribution in [0.2, 0.25) is 0 Å². The summed E-state index contributed by atoms with van der Waals surface area (Å²) in [6.45, 7) is 4.58. The zero-order valence-electron chi connectivity index (χ0n) is 9.41.